The Morgan fingerprint density at radius 2 is 2.05 bits per heavy atom. The summed E-state index contributed by atoms with van der Waals surface area (Å²) in [5.74, 6) is 2.32. The molecule has 2 rings (SSSR count). The molecular weight excluding hydrogens is 236 g/mol. The lowest BCUT2D eigenvalue weighted by atomic mass is 10.1. The Morgan fingerprint density at radius 1 is 1.32 bits per heavy atom. The summed E-state index contributed by atoms with van der Waals surface area (Å²) in [6.45, 7) is 8.24. The molecule has 0 spiro atoms. The summed E-state index contributed by atoms with van der Waals surface area (Å²) in [7, 11) is 0. The molecule has 1 heterocycles. The molecule has 0 aromatic heterocycles. The topological polar surface area (TPSA) is 38.5 Å². The minimum absolute atomic E-state index is 0.655. The average molecular weight is 262 g/mol. The van der Waals surface area contributed by atoms with Crippen molar-refractivity contribution in [3.8, 4) is 5.75 Å². The molecule has 1 aliphatic heterocycles. The molecule has 3 nitrogen and oxygen atoms in total. The minimum atomic E-state index is 0.655. The van der Waals surface area contributed by atoms with Crippen molar-refractivity contribution in [2.24, 2.45) is 17.6 Å². The van der Waals surface area contributed by atoms with Crippen LogP contribution in [0.5, 0.6) is 5.75 Å². The highest BCUT2D eigenvalue weighted by Gasteiger charge is 2.21. The first-order valence-corrected chi connectivity index (χ1v) is 7.37. The molecule has 1 aromatic carbocycles. The summed E-state index contributed by atoms with van der Waals surface area (Å²) < 4.78 is 5.74. The largest absolute Gasteiger partial charge is 0.494 e. The molecule has 1 aliphatic rings. The molecule has 19 heavy (non-hydrogen) atoms. The number of hydrogen-bond acceptors (Lipinski definition) is 3. The zero-order chi connectivity index (χ0) is 13.7. The molecule has 1 saturated heterocycles. The van der Waals surface area contributed by atoms with Gasteiger partial charge in [0.05, 0.1) is 6.61 Å². The number of hydrogen-bond donors (Lipinski definition) is 1. The summed E-state index contributed by atoms with van der Waals surface area (Å²) in [6, 6.07) is 8.46. The van der Waals surface area contributed by atoms with Gasteiger partial charge in [-0.25, -0.2) is 0 Å². The number of nitrogens with two attached hydrogens (primary N) is 1. The molecule has 1 atom stereocenters. The predicted molar refractivity (Wildman–Crippen MR) is 80.8 cm³/mol. The molecule has 0 radical (unpaired) electrons. The van der Waals surface area contributed by atoms with Crippen molar-refractivity contribution in [1.29, 1.82) is 0 Å². The van der Waals surface area contributed by atoms with E-state index in [9.17, 15) is 0 Å². The molecule has 106 valence electrons. The van der Waals surface area contributed by atoms with Crippen molar-refractivity contribution in [3.63, 3.8) is 0 Å². The van der Waals surface area contributed by atoms with Gasteiger partial charge in [-0.05, 0) is 55.5 Å². The van der Waals surface area contributed by atoms with Crippen LogP contribution in [0, 0.1) is 11.8 Å². The number of anilines is 1. The molecule has 1 unspecified atom stereocenters. The van der Waals surface area contributed by atoms with E-state index < -0.39 is 0 Å². The van der Waals surface area contributed by atoms with Gasteiger partial charge in [-0.2, -0.15) is 0 Å². The molecule has 0 bridgehead atoms. The second-order valence-electron chi connectivity index (χ2n) is 5.86. The Labute approximate surface area is 116 Å². The van der Waals surface area contributed by atoms with Crippen molar-refractivity contribution < 1.29 is 4.74 Å². The van der Waals surface area contributed by atoms with Gasteiger partial charge in [0, 0.05) is 18.8 Å². The normalized spacial score (nSPS) is 19.2. The molecule has 0 amide bonds. The van der Waals surface area contributed by atoms with Crippen LogP contribution in [-0.4, -0.2) is 26.2 Å². The molecule has 1 aromatic rings. The maximum atomic E-state index is 5.74. The molecular formula is C16H26N2O. The average Bonchev–Trinajstić information content (AvgIpc) is 2.88. The summed E-state index contributed by atoms with van der Waals surface area (Å²) >= 11 is 0. The molecule has 2 N–H and O–H groups in total. The van der Waals surface area contributed by atoms with E-state index in [0.717, 1.165) is 38.4 Å². The summed E-state index contributed by atoms with van der Waals surface area (Å²) in [4.78, 5) is 2.41. The van der Waals surface area contributed by atoms with Crippen LogP contribution in [0.25, 0.3) is 0 Å². The lowest BCUT2D eigenvalue weighted by molar-refractivity contribution is 0.289. The van der Waals surface area contributed by atoms with E-state index in [1.807, 2.05) is 0 Å². The highest BCUT2D eigenvalue weighted by Crippen LogP contribution is 2.25. The van der Waals surface area contributed by atoms with E-state index >= 15 is 0 Å². The first kappa shape index (κ1) is 14.2. The summed E-state index contributed by atoms with van der Waals surface area (Å²) in [5, 5.41) is 0. The molecule has 3 heteroatoms. The molecule has 0 saturated carbocycles. The number of nitrogens with zero attached hydrogens (tertiary/aromatic N) is 1. The third kappa shape index (κ3) is 4.13. The monoisotopic (exact) mass is 262 g/mol. The first-order chi connectivity index (χ1) is 9.19. The van der Waals surface area contributed by atoms with Gasteiger partial charge in [-0.15, -0.1) is 0 Å². The third-order valence-electron chi connectivity index (χ3n) is 3.78. The second kappa shape index (κ2) is 6.80. The van der Waals surface area contributed by atoms with Crippen LogP contribution in [0.2, 0.25) is 0 Å². The van der Waals surface area contributed by atoms with E-state index in [-0.39, 0.29) is 0 Å². The van der Waals surface area contributed by atoms with Crippen LogP contribution in [-0.2, 0) is 0 Å². The number of ether oxygens (including phenoxy) is 1. The van der Waals surface area contributed by atoms with Crippen LogP contribution in [0.15, 0.2) is 24.3 Å². The van der Waals surface area contributed by atoms with E-state index in [1.54, 1.807) is 0 Å². The van der Waals surface area contributed by atoms with Crippen LogP contribution >= 0.6 is 0 Å². The second-order valence-corrected chi connectivity index (χ2v) is 5.86. The summed E-state index contributed by atoms with van der Waals surface area (Å²) in [6.07, 6.45) is 2.31. The van der Waals surface area contributed by atoms with Gasteiger partial charge in [0.2, 0.25) is 0 Å². The van der Waals surface area contributed by atoms with Gasteiger partial charge >= 0.3 is 0 Å². The summed E-state index contributed by atoms with van der Waals surface area (Å²) in [5.41, 5.74) is 7.02. The first-order valence-electron chi connectivity index (χ1n) is 7.37. The van der Waals surface area contributed by atoms with E-state index in [0.29, 0.717) is 11.8 Å². The third-order valence-corrected chi connectivity index (χ3v) is 3.78. The maximum absolute atomic E-state index is 5.74. The standard InChI is InChI=1S/C16H26N2O/c1-13(2)8-10-19-16-5-3-15(4-6-16)18-9-7-14(11-17)12-18/h3-6,13-14H,7-12,17H2,1-2H3. The SMILES string of the molecule is CC(C)CCOc1ccc(N2CCC(CN)C2)cc1. The highest BCUT2D eigenvalue weighted by atomic mass is 16.5. The van der Waals surface area contributed by atoms with Gasteiger partial charge in [-0.1, -0.05) is 13.8 Å². The van der Waals surface area contributed by atoms with E-state index in [4.69, 9.17) is 10.5 Å². The van der Waals surface area contributed by atoms with Gasteiger partial charge in [0.1, 0.15) is 5.75 Å². The Hall–Kier alpha value is -1.22. The Morgan fingerprint density at radius 3 is 2.63 bits per heavy atom. The fraction of sp³-hybridized carbons (Fsp3) is 0.625. The van der Waals surface area contributed by atoms with E-state index in [2.05, 4.69) is 43.0 Å². The lowest BCUT2D eigenvalue weighted by Crippen LogP contribution is -2.22. The Bertz CT molecular complexity index is 375. The smallest absolute Gasteiger partial charge is 0.119 e. The van der Waals surface area contributed by atoms with Gasteiger partial charge in [0.15, 0.2) is 0 Å². The fourth-order valence-corrected chi connectivity index (χ4v) is 2.43. The van der Waals surface area contributed by atoms with Crippen LogP contribution in [0.3, 0.4) is 0 Å². The van der Waals surface area contributed by atoms with Crippen molar-refractivity contribution in [2.75, 3.05) is 31.1 Å². The lowest BCUT2D eigenvalue weighted by Gasteiger charge is -2.19. The fourth-order valence-electron chi connectivity index (χ4n) is 2.43. The van der Waals surface area contributed by atoms with E-state index in [1.165, 1.54) is 12.1 Å². The van der Waals surface area contributed by atoms with Crippen molar-refractivity contribution in [1.82, 2.24) is 0 Å². The number of benzene rings is 1. The Balaban J connectivity index is 1.84. The highest BCUT2D eigenvalue weighted by molar-refractivity contribution is 5.49. The Kier molecular flexibility index (Phi) is 5.08. The number of rotatable bonds is 6. The quantitative estimate of drug-likeness (QED) is 0.856. The van der Waals surface area contributed by atoms with Gasteiger partial charge in [-0.3, -0.25) is 0 Å². The molecule has 1 fully saturated rings. The maximum Gasteiger partial charge on any atom is 0.119 e. The predicted octanol–water partition coefficient (Wildman–Crippen LogP) is 2.90. The van der Waals surface area contributed by atoms with Crippen LogP contribution < -0.4 is 15.4 Å². The van der Waals surface area contributed by atoms with Gasteiger partial charge in [0.25, 0.3) is 0 Å². The zero-order valence-corrected chi connectivity index (χ0v) is 12.1. The molecule has 0 aliphatic carbocycles. The minimum Gasteiger partial charge on any atom is -0.494 e. The van der Waals surface area contributed by atoms with Gasteiger partial charge < -0.3 is 15.4 Å². The van der Waals surface area contributed by atoms with Crippen molar-refractivity contribution in [2.45, 2.75) is 26.7 Å². The van der Waals surface area contributed by atoms with Crippen LogP contribution in [0.1, 0.15) is 26.7 Å². The van der Waals surface area contributed by atoms with Crippen molar-refractivity contribution >= 4 is 5.69 Å². The zero-order valence-electron chi connectivity index (χ0n) is 12.1. The van der Waals surface area contributed by atoms with Crippen molar-refractivity contribution in [3.05, 3.63) is 24.3 Å². The van der Waals surface area contributed by atoms with Crippen LogP contribution in [0.4, 0.5) is 5.69 Å².